The minimum atomic E-state index is -0.442. The van der Waals surface area contributed by atoms with Crippen molar-refractivity contribution >= 4 is 17.2 Å². The first-order chi connectivity index (χ1) is 4.20. The Morgan fingerprint density at radius 1 is 1.89 bits per heavy atom. The molecule has 0 unspecified atom stereocenters. The van der Waals surface area contributed by atoms with Gasteiger partial charge in [-0.2, -0.15) is 0 Å². The molecule has 0 aromatic carbocycles. The Kier molecular flexibility index (Phi) is 1.48. The van der Waals surface area contributed by atoms with Crippen molar-refractivity contribution in [3.8, 4) is 0 Å². The van der Waals surface area contributed by atoms with E-state index in [2.05, 4.69) is 11.9 Å². The second-order valence-electron chi connectivity index (χ2n) is 1.48. The van der Waals surface area contributed by atoms with E-state index in [-0.39, 0.29) is 0 Å². The number of rotatable bonds is 1. The highest BCUT2D eigenvalue weighted by atomic mass is 32.1. The summed E-state index contributed by atoms with van der Waals surface area (Å²) in [4.78, 5) is 14.6. The zero-order valence-corrected chi connectivity index (χ0v) is 5.44. The lowest BCUT2D eigenvalue weighted by Crippen LogP contribution is -2.08. The van der Waals surface area contributed by atoms with E-state index in [4.69, 9.17) is 5.73 Å². The normalized spacial score (nSPS) is 9.44. The van der Waals surface area contributed by atoms with E-state index in [0.29, 0.717) is 9.88 Å². The zero-order valence-electron chi connectivity index (χ0n) is 4.63. The average Bonchev–Trinajstić information content (AvgIpc) is 2.14. The van der Waals surface area contributed by atoms with Crippen LogP contribution in [0.4, 0.5) is 0 Å². The van der Waals surface area contributed by atoms with Crippen molar-refractivity contribution in [1.29, 1.82) is 0 Å². The molecule has 9 heavy (non-hydrogen) atoms. The van der Waals surface area contributed by atoms with Crippen LogP contribution in [0.5, 0.6) is 0 Å². The summed E-state index contributed by atoms with van der Waals surface area (Å²) in [6.07, 6.45) is 1.43. The van der Waals surface area contributed by atoms with E-state index >= 15 is 0 Å². The first-order valence-electron chi connectivity index (χ1n) is 2.28. The maximum atomic E-state index is 10.4. The lowest BCUT2D eigenvalue weighted by molar-refractivity contribution is 0.100. The SMILES string of the molecule is [CH2]c1ncc(C(N)=O)s1. The number of nitrogens with two attached hydrogens (primary N) is 1. The fraction of sp³-hybridized carbons (Fsp3) is 0. The molecule has 0 saturated carbocycles. The molecule has 0 bridgehead atoms. The van der Waals surface area contributed by atoms with Crippen LogP contribution in [0, 0.1) is 6.92 Å². The van der Waals surface area contributed by atoms with Crippen molar-refractivity contribution in [3.63, 3.8) is 0 Å². The molecule has 2 N–H and O–H groups in total. The maximum Gasteiger partial charge on any atom is 0.260 e. The molecule has 0 saturated heterocycles. The molecule has 0 aliphatic carbocycles. The van der Waals surface area contributed by atoms with E-state index in [9.17, 15) is 4.79 Å². The number of primary amides is 1. The van der Waals surface area contributed by atoms with Gasteiger partial charge in [0.2, 0.25) is 0 Å². The van der Waals surface area contributed by atoms with Crippen LogP contribution in [0.1, 0.15) is 14.7 Å². The quantitative estimate of drug-likeness (QED) is 0.616. The van der Waals surface area contributed by atoms with Crippen LogP contribution in [0.3, 0.4) is 0 Å². The highest BCUT2D eigenvalue weighted by Gasteiger charge is 2.01. The van der Waals surface area contributed by atoms with E-state index < -0.39 is 5.91 Å². The predicted octanol–water partition coefficient (Wildman–Crippen LogP) is 0.424. The topological polar surface area (TPSA) is 56.0 Å². The summed E-state index contributed by atoms with van der Waals surface area (Å²) in [5.74, 6) is -0.442. The summed E-state index contributed by atoms with van der Waals surface area (Å²) in [5.41, 5.74) is 4.93. The summed E-state index contributed by atoms with van der Waals surface area (Å²) in [6.45, 7) is 3.52. The van der Waals surface area contributed by atoms with Crippen molar-refractivity contribution in [2.45, 2.75) is 0 Å². The second kappa shape index (κ2) is 2.14. The molecule has 0 spiro atoms. The van der Waals surface area contributed by atoms with Crippen LogP contribution >= 0.6 is 11.3 Å². The van der Waals surface area contributed by atoms with Gasteiger partial charge in [0, 0.05) is 6.92 Å². The molecule has 47 valence electrons. The van der Waals surface area contributed by atoms with Crippen molar-refractivity contribution in [2.75, 3.05) is 0 Å². The maximum absolute atomic E-state index is 10.4. The standard InChI is InChI=1S/C5H5N2OS/c1-3-7-2-4(9-3)5(6)8/h2H,1H2,(H2,6,8). The molecule has 1 rings (SSSR count). The summed E-state index contributed by atoms with van der Waals surface area (Å²) in [5, 5.41) is 0.615. The first-order valence-corrected chi connectivity index (χ1v) is 3.09. The Morgan fingerprint density at radius 2 is 2.56 bits per heavy atom. The van der Waals surface area contributed by atoms with Crippen LogP contribution in [-0.2, 0) is 0 Å². The highest BCUT2D eigenvalue weighted by Crippen LogP contribution is 2.09. The molecule has 4 heteroatoms. The van der Waals surface area contributed by atoms with E-state index in [0.717, 1.165) is 0 Å². The predicted molar refractivity (Wildman–Crippen MR) is 35.1 cm³/mol. The Bertz CT molecular complexity index is 231. The summed E-state index contributed by atoms with van der Waals surface area (Å²) >= 11 is 1.20. The fourth-order valence-corrected chi connectivity index (χ4v) is 0.989. The monoisotopic (exact) mass is 141 g/mol. The van der Waals surface area contributed by atoms with Gasteiger partial charge in [0.15, 0.2) is 0 Å². The van der Waals surface area contributed by atoms with Crippen molar-refractivity contribution in [2.24, 2.45) is 5.73 Å². The molecular formula is C5H5N2OS. The highest BCUT2D eigenvalue weighted by molar-refractivity contribution is 7.13. The molecule has 0 aliphatic rings. The molecule has 0 aliphatic heterocycles. The average molecular weight is 141 g/mol. The molecule has 1 amide bonds. The van der Waals surface area contributed by atoms with Crippen LogP contribution in [-0.4, -0.2) is 10.9 Å². The fourth-order valence-electron chi connectivity index (χ4n) is 0.424. The Labute approximate surface area is 56.5 Å². The number of thiazole rings is 1. The minimum absolute atomic E-state index is 0.442. The van der Waals surface area contributed by atoms with Crippen molar-refractivity contribution in [3.05, 3.63) is 23.0 Å². The van der Waals surface area contributed by atoms with E-state index in [1.807, 2.05) is 0 Å². The van der Waals surface area contributed by atoms with Gasteiger partial charge in [-0.3, -0.25) is 4.79 Å². The third-order valence-electron chi connectivity index (χ3n) is 0.796. The Hall–Kier alpha value is -0.900. The van der Waals surface area contributed by atoms with Crippen LogP contribution in [0.2, 0.25) is 0 Å². The van der Waals surface area contributed by atoms with Gasteiger partial charge in [-0.1, -0.05) is 0 Å². The number of hydrogen-bond donors (Lipinski definition) is 1. The van der Waals surface area contributed by atoms with E-state index in [1.165, 1.54) is 17.5 Å². The number of carbonyl (C=O) groups is 1. The van der Waals surface area contributed by atoms with Crippen LogP contribution in [0.15, 0.2) is 6.20 Å². The number of hydrogen-bond acceptors (Lipinski definition) is 3. The molecule has 0 atom stereocenters. The second-order valence-corrected chi connectivity index (χ2v) is 2.60. The number of amides is 1. The Morgan fingerprint density at radius 3 is 2.78 bits per heavy atom. The van der Waals surface area contributed by atoms with Gasteiger partial charge < -0.3 is 5.73 Å². The molecule has 0 fully saturated rings. The van der Waals surface area contributed by atoms with Crippen LogP contribution in [0.25, 0.3) is 0 Å². The molecule has 1 radical (unpaired) electrons. The van der Waals surface area contributed by atoms with Crippen molar-refractivity contribution < 1.29 is 4.79 Å². The molecule has 3 nitrogen and oxygen atoms in total. The smallest absolute Gasteiger partial charge is 0.260 e. The summed E-state index contributed by atoms with van der Waals surface area (Å²) in [7, 11) is 0. The Balaban J connectivity index is 2.98. The van der Waals surface area contributed by atoms with E-state index in [1.54, 1.807) is 0 Å². The first kappa shape index (κ1) is 6.22. The molecule has 1 aromatic rings. The zero-order chi connectivity index (χ0) is 6.85. The van der Waals surface area contributed by atoms with Gasteiger partial charge in [-0.05, 0) is 0 Å². The van der Waals surface area contributed by atoms with Crippen molar-refractivity contribution in [1.82, 2.24) is 4.98 Å². The van der Waals surface area contributed by atoms with Crippen LogP contribution < -0.4 is 5.73 Å². The third-order valence-corrected chi connectivity index (χ3v) is 1.66. The minimum Gasteiger partial charge on any atom is -0.365 e. The van der Waals surface area contributed by atoms with Gasteiger partial charge in [0.05, 0.1) is 11.2 Å². The summed E-state index contributed by atoms with van der Waals surface area (Å²) < 4.78 is 0. The lowest BCUT2D eigenvalue weighted by Gasteiger charge is -1.79. The van der Waals surface area contributed by atoms with Gasteiger partial charge in [-0.15, -0.1) is 11.3 Å². The molecule has 1 heterocycles. The van der Waals surface area contributed by atoms with Gasteiger partial charge in [0.25, 0.3) is 5.91 Å². The largest absolute Gasteiger partial charge is 0.365 e. The number of aromatic nitrogens is 1. The summed E-state index contributed by atoms with van der Waals surface area (Å²) in [6, 6.07) is 0. The van der Waals surface area contributed by atoms with Gasteiger partial charge in [0.1, 0.15) is 4.88 Å². The molecule has 1 aromatic heterocycles. The lowest BCUT2D eigenvalue weighted by atomic mass is 10.5. The number of nitrogens with zero attached hydrogens (tertiary/aromatic N) is 1. The number of carbonyl (C=O) groups excluding carboxylic acids is 1. The van der Waals surface area contributed by atoms with Gasteiger partial charge in [-0.25, -0.2) is 4.98 Å². The third kappa shape index (κ3) is 1.26. The van der Waals surface area contributed by atoms with Gasteiger partial charge >= 0.3 is 0 Å². The molecular weight excluding hydrogens is 136 g/mol.